The van der Waals surface area contributed by atoms with E-state index in [-0.39, 0.29) is 0 Å². The molecular formula is C30H37N7O2S2. The van der Waals surface area contributed by atoms with Gasteiger partial charge in [-0.3, -0.25) is 5.73 Å². The molecule has 1 atom stereocenters. The van der Waals surface area contributed by atoms with Crippen molar-refractivity contribution in [2.45, 2.75) is 65.5 Å². The Bertz CT molecular complexity index is 1410. The lowest BCUT2D eigenvalue weighted by Crippen LogP contribution is -2.26. The number of fused-ring (bicyclic) bond motifs is 1. The number of carbonyl (C=O) groups is 1. The van der Waals surface area contributed by atoms with Crippen LogP contribution >= 0.6 is 22.7 Å². The van der Waals surface area contributed by atoms with Crippen molar-refractivity contribution in [2.24, 2.45) is 26.2 Å². The third-order valence-electron chi connectivity index (χ3n) is 6.49. The summed E-state index contributed by atoms with van der Waals surface area (Å²) in [5, 5.41) is 17.7. The molecular weight excluding hydrogens is 555 g/mol. The number of ether oxygens (including phenoxy) is 1. The molecule has 2 aromatic carbocycles. The van der Waals surface area contributed by atoms with Crippen LogP contribution in [0.5, 0.6) is 0 Å². The Morgan fingerprint density at radius 1 is 0.854 bits per heavy atom. The number of anilines is 1. The van der Waals surface area contributed by atoms with Crippen molar-refractivity contribution >= 4 is 66.1 Å². The molecule has 0 bridgehead atoms. The Kier molecular flexibility index (Phi) is 11.5. The van der Waals surface area contributed by atoms with E-state index >= 15 is 0 Å². The predicted octanol–water partition coefficient (Wildman–Crippen LogP) is 9.84. The third-order valence-corrected chi connectivity index (χ3v) is 8.51. The highest BCUT2D eigenvalue weighted by Crippen LogP contribution is 2.35. The van der Waals surface area contributed by atoms with Crippen LogP contribution in [0.25, 0.3) is 9.53 Å². The minimum atomic E-state index is -0.585. The Morgan fingerprint density at radius 3 is 2.02 bits per heavy atom. The number of rotatable bonds is 15. The fourth-order valence-electron chi connectivity index (χ4n) is 4.19. The predicted molar refractivity (Wildman–Crippen MR) is 169 cm³/mol. The van der Waals surface area contributed by atoms with E-state index in [0.29, 0.717) is 22.1 Å². The van der Waals surface area contributed by atoms with E-state index in [1.54, 1.807) is 6.07 Å². The molecule has 4 rings (SSSR count). The van der Waals surface area contributed by atoms with Gasteiger partial charge < -0.3 is 9.64 Å². The summed E-state index contributed by atoms with van der Waals surface area (Å²) in [4.78, 5) is 20.5. The van der Waals surface area contributed by atoms with Gasteiger partial charge in [-0.15, -0.1) is 21.6 Å². The second-order valence-corrected chi connectivity index (χ2v) is 11.6. The third kappa shape index (κ3) is 8.97. The van der Waals surface area contributed by atoms with E-state index < -0.39 is 12.2 Å². The molecule has 0 amide bonds. The van der Waals surface area contributed by atoms with Crippen LogP contribution in [0.1, 0.15) is 69.0 Å². The van der Waals surface area contributed by atoms with Crippen LogP contribution in [-0.4, -0.2) is 30.3 Å². The van der Waals surface area contributed by atoms with Crippen LogP contribution in [0, 0.1) is 0 Å². The minimum absolute atomic E-state index is 0.404. The quantitative estimate of drug-likeness (QED) is 0.0639. The fourth-order valence-corrected chi connectivity index (χ4v) is 6.11. The first kappa shape index (κ1) is 30.4. The molecule has 1 unspecified atom stereocenters. The van der Waals surface area contributed by atoms with Gasteiger partial charge in [0.2, 0.25) is 5.13 Å². The first-order valence-corrected chi connectivity index (χ1v) is 15.8. The summed E-state index contributed by atoms with van der Waals surface area (Å²) in [5.41, 5.74) is 9.38. The number of thiazole rings is 1. The van der Waals surface area contributed by atoms with Gasteiger partial charge in [-0.25, -0.2) is 9.78 Å². The molecule has 4 aromatic rings. The van der Waals surface area contributed by atoms with E-state index in [0.717, 1.165) is 46.8 Å². The lowest BCUT2D eigenvalue weighted by molar-refractivity contribution is 0.0298. The number of benzene rings is 2. The van der Waals surface area contributed by atoms with Crippen molar-refractivity contribution < 1.29 is 9.53 Å². The minimum Gasteiger partial charge on any atom is -0.443 e. The van der Waals surface area contributed by atoms with Crippen LogP contribution in [0.4, 0.5) is 27.9 Å². The standard InChI is InChI=1S/C30H37N7O2S2/c1-4-7-8-9-10-11-27(31)39-29(38)26-20-25-28(40-26)32-30(41-25)36-35-22-14-12-21(13-15-22)33-34-23-16-18-24(19-17-23)37(5-2)6-3/h12-20,27H,4-11,31H2,1-3H3/b34-33+,36-35+. The van der Waals surface area contributed by atoms with Gasteiger partial charge in [0.1, 0.15) is 9.71 Å². The largest absolute Gasteiger partial charge is 0.443 e. The first-order chi connectivity index (χ1) is 20.0. The van der Waals surface area contributed by atoms with Gasteiger partial charge in [0, 0.05) is 18.8 Å². The Morgan fingerprint density at radius 2 is 1.44 bits per heavy atom. The van der Waals surface area contributed by atoms with E-state index in [2.05, 4.69) is 63.2 Å². The Balaban J connectivity index is 1.28. The number of thiophene rings is 1. The number of aromatic nitrogens is 1. The van der Waals surface area contributed by atoms with Crippen molar-refractivity contribution in [3.8, 4) is 0 Å². The molecule has 0 aliphatic carbocycles. The van der Waals surface area contributed by atoms with Gasteiger partial charge in [0.15, 0.2) is 6.23 Å². The van der Waals surface area contributed by atoms with Crippen LogP contribution in [0.2, 0.25) is 0 Å². The zero-order chi connectivity index (χ0) is 29.0. The Labute approximate surface area is 249 Å². The number of esters is 1. The molecule has 216 valence electrons. The molecule has 0 spiro atoms. The van der Waals surface area contributed by atoms with Crippen molar-refractivity contribution in [1.82, 2.24) is 4.98 Å². The molecule has 9 nitrogen and oxygen atoms in total. The molecule has 41 heavy (non-hydrogen) atoms. The maximum Gasteiger partial charge on any atom is 0.349 e. The zero-order valence-corrected chi connectivity index (χ0v) is 25.5. The average molecular weight is 592 g/mol. The molecule has 0 fully saturated rings. The average Bonchev–Trinajstić information content (AvgIpc) is 3.56. The van der Waals surface area contributed by atoms with Gasteiger partial charge in [0.25, 0.3) is 0 Å². The molecule has 0 radical (unpaired) electrons. The fraction of sp³-hybridized carbons (Fsp3) is 0.400. The summed E-state index contributed by atoms with van der Waals surface area (Å²) in [6.07, 6.45) is 5.77. The van der Waals surface area contributed by atoms with Crippen molar-refractivity contribution in [3.05, 3.63) is 59.5 Å². The van der Waals surface area contributed by atoms with Gasteiger partial charge in [0.05, 0.1) is 21.8 Å². The molecule has 0 aliphatic heterocycles. The zero-order valence-electron chi connectivity index (χ0n) is 23.8. The van der Waals surface area contributed by atoms with Crippen LogP contribution in [-0.2, 0) is 4.74 Å². The van der Waals surface area contributed by atoms with Crippen LogP contribution in [0.3, 0.4) is 0 Å². The lowest BCUT2D eigenvalue weighted by atomic mass is 10.1. The Hall–Kier alpha value is -3.54. The number of nitrogens with zero attached hydrogens (tertiary/aromatic N) is 6. The number of hydrogen-bond donors (Lipinski definition) is 1. The molecule has 0 saturated heterocycles. The molecule has 2 aromatic heterocycles. The van der Waals surface area contributed by atoms with E-state index in [9.17, 15) is 4.79 Å². The normalized spacial score (nSPS) is 12.5. The summed E-state index contributed by atoms with van der Waals surface area (Å²) in [5.74, 6) is -0.404. The lowest BCUT2D eigenvalue weighted by Gasteiger charge is -2.20. The molecule has 0 saturated carbocycles. The maximum atomic E-state index is 12.5. The summed E-state index contributed by atoms with van der Waals surface area (Å²) >= 11 is 2.65. The highest BCUT2D eigenvalue weighted by atomic mass is 32.1. The van der Waals surface area contributed by atoms with Crippen LogP contribution in [0.15, 0.2) is 75.1 Å². The van der Waals surface area contributed by atoms with E-state index in [1.165, 1.54) is 47.6 Å². The molecule has 11 heteroatoms. The SMILES string of the molecule is CCCCCCCC(N)OC(=O)c1cc2sc(/N=N/c3ccc(/N=N/c4ccc(N(CC)CC)cc4)cc3)nc2s1. The monoisotopic (exact) mass is 591 g/mol. The van der Waals surface area contributed by atoms with Crippen molar-refractivity contribution in [3.63, 3.8) is 0 Å². The van der Waals surface area contributed by atoms with Gasteiger partial charge >= 0.3 is 5.97 Å². The maximum absolute atomic E-state index is 12.5. The highest BCUT2D eigenvalue weighted by molar-refractivity contribution is 7.29. The van der Waals surface area contributed by atoms with E-state index in [1.807, 2.05) is 36.4 Å². The smallest absolute Gasteiger partial charge is 0.349 e. The first-order valence-electron chi connectivity index (χ1n) is 14.1. The van der Waals surface area contributed by atoms with Gasteiger partial charge in [-0.1, -0.05) is 43.9 Å². The molecule has 0 aliphatic rings. The second-order valence-electron chi connectivity index (χ2n) is 9.53. The number of azo groups is 2. The van der Waals surface area contributed by atoms with Crippen molar-refractivity contribution in [2.75, 3.05) is 18.0 Å². The van der Waals surface area contributed by atoms with Gasteiger partial charge in [-0.05, 0) is 81.3 Å². The summed E-state index contributed by atoms with van der Waals surface area (Å²) in [6.45, 7) is 8.40. The number of carbonyl (C=O) groups excluding carboxylic acids is 1. The van der Waals surface area contributed by atoms with Crippen molar-refractivity contribution in [1.29, 1.82) is 0 Å². The number of unbranched alkanes of at least 4 members (excludes halogenated alkanes) is 4. The number of hydrogen-bond acceptors (Lipinski definition) is 11. The molecule has 2 heterocycles. The van der Waals surface area contributed by atoms with Crippen LogP contribution < -0.4 is 10.6 Å². The summed E-state index contributed by atoms with van der Waals surface area (Å²) in [7, 11) is 0. The summed E-state index contributed by atoms with van der Waals surface area (Å²) in [6, 6.07) is 17.2. The summed E-state index contributed by atoms with van der Waals surface area (Å²) < 4.78 is 6.28. The number of nitrogens with two attached hydrogens (primary N) is 1. The molecule has 2 N–H and O–H groups in total. The topological polar surface area (TPSA) is 118 Å². The van der Waals surface area contributed by atoms with E-state index in [4.69, 9.17) is 10.5 Å². The van der Waals surface area contributed by atoms with Gasteiger partial charge in [-0.2, -0.15) is 10.2 Å². The highest BCUT2D eigenvalue weighted by Gasteiger charge is 2.17. The second kappa shape index (κ2) is 15.5.